The number of rotatable bonds is 4. The molecule has 0 aliphatic carbocycles. The first-order valence-corrected chi connectivity index (χ1v) is 7.07. The Morgan fingerprint density at radius 1 is 1.05 bits per heavy atom. The van der Waals surface area contributed by atoms with Crippen molar-refractivity contribution in [2.75, 3.05) is 0 Å². The summed E-state index contributed by atoms with van der Waals surface area (Å²) < 4.78 is 28.1. The molecule has 2 rings (SSSR count). The van der Waals surface area contributed by atoms with E-state index in [2.05, 4.69) is 0 Å². The summed E-state index contributed by atoms with van der Waals surface area (Å²) in [4.78, 5) is 1.18. The van der Waals surface area contributed by atoms with Crippen LogP contribution in [-0.4, -0.2) is 13.6 Å². The highest BCUT2D eigenvalue weighted by Gasteiger charge is 2.12. The quantitative estimate of drug-likeness (QED) is 0.851. The number of sulfonamides is 1. The van der Waals surface area contributed by atoms with Crippen LogP contribution in [-0.2, 0) is 10.0 Å². The molecule has 2 N–H and O–H groups in total. The van der Waals surface area contributed by atoms with Crippen molar-refractivity contribution in [3.63, 3.8) is 0 Å². The normalized spacial score (nSPS) is 11.3. The van der Waals surface area contributed by atoms with E-state index in [1.165, 1.54) is 29.2 Å². The van der Waals surface area contributed by atoms with E-state index >= 15 is 0 Å². The van der Waals surface area contributed by atoms with Gasteiger partial charge in [0, 0.05) is 0 Å². The summed E-state index contributed by atoms with van der Waals surface area (Å²) >= 11 is 5.94. The largest absolute Gasteiger partial charge is 0.456 e. The van der Waals surface area contributed by atoms with Crippen molar-refractivity contribution in [2.24, 2.45) is 0 Å². The maximum Gasteiger partial charge on any atom is 0.262 e. The summed E-state index contributed by atoms with van der Waals surface area (Å²) in [6, 6.07) is 12.5. The van der Waals surface area contributed by atoms with Crippen LogP contribution in [0.1, 0.15) is 0 Å². The zero-order valence-electron chi connectivity index (χ0n) is 9.58. The first-order chi connectivity index (χ1) is 9.03. The van der Waals surface area contributed by atoms with E-state index < -0.39 is 10.0 Å². The number of benzene rings is 2. The van der Waals surface area contributed by atoms with Gasteiger partial charge in [-0.1, -0.05) is 28.6 Å². The zero-order chi connectivity index (χ0) is 13.9. The van der Waals surface area contributed by atoms with Crippen LogP contribution in [0.2, 0.25) is 5.02 Å². The molecule has 0 spiro atoms. The maximum absolute atomic E-state index is 11.3. The summed E-state index contributed by atoms with van der Waals surface area (Å²) in [5.74, 6) is 0.907. The Balaban J connectivity index is 2.23. The molecule has 7 heteroatoms. The molecule has 0 unspecified atom stereocenters. The lowest BCUT2D eigenvalue weighted by Crippen LogP contribution is -2.19. The minimum Gasteiger partial charge on any atom is -0.456 e. The van der Waals surface area contributed by atoms with E-state index in [0.717, 1.165) is 0 Å². The van der Waals surface area contributed by atoms with Gasteiger partial charge in [-0.25, -0.2) is 8.42 Å². The standard InChI is InChI=1S/C12H10ClNO4S/c13-11-3-1-2-4-12(11)18-9-5-7-10(8-6-9)19(16,17)14-15/h1-8,14-15H. The number of nitrogens with one attached hydrogen (secondary N) is 1. The van der Waals surface area contributed by atoms with E-state index in [-0.39, 0.29) is 4.90 Å². The molecule has 0 radical (unpaired) electrons. The van der Waals surface area contributed by atoms with Gasteiger partial charge in [0.25, 0.3) is 10.0 Å². The Kier molecular flexibility index (Phi) is 4.06. The van der Waals surface area contributed by atoms with E-state index in [0.29, 0.717) is 16.5 Å². The minimum atomic E-state index is -3.87. The zero-order valence-corrected chi connectivity index (χ0v) is 11.1. The van der Waals surface area contributed by atoms with Gasteiger partial charge in [0.05, 0.1) is 9.92 Å². The van der Waals surface area contributed by atoms with Gasteiger partial charge in [-0.15, -0.1) is 0 Å². The van der Waals surface area contributed by atoms with Crippen LogP contribution in [0.15, 0.2) is 53.4 Å². The highest BCUT2D eigenvalue weighted by Crippen LogP contribution is 2.29. The second kappa shape index (κ2) is 5.58. The molecule has 0 heterocycles. The highest BCUT2D eigenvalue weighted by atomic mass is 35.5. The fourth-order valence-corrected chi connectivity index (χ4v) is 2.17. The van der Waals surface area contributed by atoms with Crippen LogP contribution >= 0.6 is 11.6 Å². The summed E-state index contributed by atoms with van der Waals surface area (Å²) in [6.45, 7) is 0. The monoisotopic (exact) mass is 299 g/mol. The van der Waals surface area contributed by atoms with Crippen LogP contribution in [0.25, 0.3) is 0 Å². The van der Waals surface area contributed by atoms with Crippen LogP contribution in [0.5, 0.6) is 11.5 Å². The summed E-state index contributed by atoms with van der Waals surface area (Å²) in [7, 11) is -3.87. The third-order valence-corrected chi connectivity index (χ3v) is 3.76. The third-order valence-electron chi connectivity index (χ3n) is 2.32. The molecular formula is C12H10ClNO4S. The van der Waals surface area contributed by atoms with Crippen LogP contribution < -0.4 is 9.62 Å². The number of ether oxygens (including phenoxy) is 1. The van der Waals surface area contributed by atoms with E-state index in [4.69, 9.17) is 21.5 Å². The van der Waals surface area contributed by atoms with Gasteiger partial charge in [-0.05, 0) is 36.4 Å². The Labute approximate surface area is 115 Å². The molecule has 0 saturated heterocycles. The van der Waals surface area contributed by atoms with Crippen molar-refractivity contribution < 1.29 is 18.4 Å². The lowest BCUT2D eigenvalue weighted by atomic mass is 10.3. The number of para-hydroxylation sites is 1. The van der Waals surface area contributed by atoms with Crippen molar-refractivity contribution >= 4 is 21.6 Å². The Morgan fingerprint density at radius 3 is 2.26 bits per heavy atom. The average Bonchev–Trinajstić information content (AvgIpc) is 2.42. The van der Waals surface area contributed by atoms with Gasteiger partial charge in [-0.3, -0.25) is 0 Å². The molecular weight excluding hydrogens is 290 g/mol. The van der Waals surface area contributed by atoms with Crippen molar-refractivity contribution in [2.45, 2.75) is 4.90 Å². The maximum atomic E-state index is 11.3. The molecule has 2 aromatic rings. The van der Waals surface area contributed by atoms with Crippen LogP contribution in [0, 0.1) is 0 Å². The topological polar surface area (TPSA) is 75.6 Å². The average molecular weight is 300 g/mol. The lowest BCUT2D eigenvalue weighted by molar-refractivity contribution is 0.242. The number of hydrogen-bond donors (Lipinski definition) is 2. The molecule has 19 heavy (non-hydrogen) atoms. The molecule has 0 aliphatic heterocycles. The SMILES string of the molecule is O=S(=O)(NO)c1ccc(Oc2ccccc2Cl)cc1. The van der Waals surface area contributed by atoms with Crippen LogP contribution in [0.4, 0.5) is 0 Å². The van der Waals surface area contributed by atoms with E-state index in [9.17, 15) is 8.42 Å². The fourth-order valence-electron chi connectivity index (χ4n) is 1.39. The van der Waals surface area contributed by atoms with Crippen molar-refractivity contribution in [3.05, 3.63) is 53.6 Å². The molecule has 0 bridgehead atoms. The molecule has 5 nitrogen and oxygen atoms in total. The van der Waals surface area contributed by atoms with Gasteiger partial charge in [0.1, 0.15) is 11.5 Å². The van der Waals surface area contributed by atoms with E-state index in [1.54, 1.807) is 24.3 Å². The Bertz CT molecular complexity index is 670. The van der Waals surface area contributed by atoms with Crippen LogP contribution in [0.3, 0.4) is 0 Å². The predicted octanol–water partition coefficient (Wildman–Crippen LogP) is 2.80. The smallest absolute Gasteiger partial charge is 0.262 e. The molecule has 0 fully saturated rings. The summed E-state index contributed by atoms with van der Waals surface area (Å²) in [5, 5.41) is 8.96. The summed E-state index contributed by atoms with van der Waals surface area (Å²) in [5.41, 5.74) is 0. The number of hydrogen-bond acceptors (Lipinski definition) is 4. The second-order valence-electron chi connectivity index (χ2n) is 3.60. The molecule has 0 atom stereocenters. The van der Waals surface area contributed by atoms with Gasteiger partial charge < -0.3 is 9.94 Å². The van der Waals surface area contributed by atoms with Gasteiger partial charge in [-0.2, -0.15) is 0 Å². The van der Waals surface area contributed by atoms with Crippen molar-refractivity contribution in [1.82, 2.24) is 4.89 Å². The van der Waals surface area contributed by atoms with Gasteiger partial charge in [0.2, 0.25) is 0 Å². The molecule has 0 aromatic heterocycles. The Morgan fingerprint density at radius 2 is 1.68 bits per heavy atom. The molecule has 100 valence electrons. The Hall–Kier alpha value is -1.60. The second-order valence-corrected chi connectivity index (χ2v) is 5.67. The van der Waals surface area contributed by atoms with Gasteiger partial charge >= 0.3 is 0 Å². The molecule has 2 aromatic carbocycles. The number of halogens is 1. The molecule has 0 amide bonds. The third kappa shape index (κ3) is 3.24. The van der Waals surface area contributed by atoms with E-state index in [1.807, 2.05) is 0 Å². The summed E-state index contributed by atoms with van der Waals surface area (Å²) in [6.07, 6.45) is 0. The van der Waals surface area contributed by atoms with Crippen molar-refractivity contribution in [3.8, 4) is 11.5 Å². The van der Waals surface area contributed by atoms with Crippen molar-refractivity contribution in [1.29, 1.82) is 0 Å². The lowest BCUT2D eigenvalue weighted by Gasteiger charge is -2.08. The fraction of sp³-hybridized carbons (Fsp3) is 0. The molecule has 0 aliphatic rings. The first kappa shape index (κ1) is 13.8. The highest BCUT2D eigenvalue weighted by molar-refractivity contribution is 7.89. The molecule has 0 saturated carbocycles. The first-order valence-electron chi connectivity index (χ1n) is 5.21. The predicted molar refractivity (Wildman–Crippen MR) is 70.1 cm³/mol. The van der Waals surface area contributed by atoms with Gasteiger partial charge in [0.15, 0.2) is 0 Å². The minimum absolute atomic E-state index is 0.0680.